The number of amides is 1. The molecule has 0 atom stereocenters. The molecule has 0 aliphatic carbocycles. The Morgan fingerprint density at radius 3 is 2.88 bits per heavy atom. The summed E-state index contributed by atoms with van der Waals surface area (Å²) in [5.41, 5.74) is 0. The maximum atomic E-state index is 12.0. The van der Waals surface area contributed by atoms with Crippen molar-refractivity contribution >= 4 is 15.9 Å². The average molecular weight is 244 g/mol. The maximum absolute atomic E-state index is 12.0. The first kappa shape index (κ1) is 11.1. The molecule has 16 heavy (non-hydrogen) atoms. The number of carbonyl (C=O) groups is 1. The van der Waals surface area contributed by atoms with E-state index in [2.05, 4.69) is 15.3 Å². The van der Waals surface area contributed by atoms with Crippen molar-refractivity contribution in [3.63, 3.8) is 0 Å². The number of nitrogens with zero attached hydrogens (tertiary/aromatic N) is 2. The van der Waals surface area contributed by atoms with Gasteiger partial charge in [-0.15, -0.1) is 0 Å². The van der Waals surface area contributed by atoms with Crippen LogP contribution in [0.2, 0.25) is 0 Å². The zero-order chi connectivity index (χ0) is 11.6. The second-order valence-electron chi connectivity index (χ2n) is 3.42. The lowest BCUT2D eigenvalue weighted by Gasteiger charge is -2.17. The molecular formula is C8H12N4O3S. The Morgan fingerprint density at radius 2 is 2.19 bits per heavy atom. The van der Waals surface area contributed by atoms with E-state index in [0.717, 1.165) is 0 Å². The molecule has 7 nitrogen and oxygen atoms in total. The summed E-state index contributed by atoms with van der Waals surface area (Å²) in [6.45, 7) is 0.826. The minimum Gasteiger partial charge on any atom is -0.355 e. The molecule has 1 aromatic heterocycles. The Balaban J connectivity index is 2.21. The second kappa shape index (κ2) is 4.22. The third-order valence-electron chi connectivity index (χ3n) is 2.36. The van der Waals surface area contributed by atoms with E-state index >= 15 is 0 Å². The lowest BCUT2D eigenvalue weighted by Crippen LogP contribution is -2.34. The van der Waals surface area contributed by atoms with Gasteiger partial charge in [-0.3, -0.25) is 4.79 Å². The number of aromatic nitrogens is 2. The van der Waals surface area contributed by atoms with Crippen LogP contribution in [0.15, 0.2) is 17.6 Å². The van der Waals surface area contributed by atoms with Gasteiger partial charge in [-0.2, -0.15) is 4.31 Å². The fraction of sp³-hybridized carbons (Fsp3) is 0.500. The summed E-state index contributed by atoms with van der Waals surface area (Å²) in [7, 11) is -3.54. The topological polar surface area (TPSA) is 95.2 Å². The molecule has 0 unspecified atom stereocenters. The van der Waals surface area contributed by atoms with Gasteiger partial charge < -0.3 is 10.3 Å². The largest absolute Gasteiger partial charge is 0.355 e. The molecule has 0 spiro atoms. The van der Waals surface area contributed by atoms with E-state index < -0.39 is 10.0 Å². The van der Waals surface area contributed by atoms with Gasteiger partial charge in [0.15, 0.2) is 5.03 Å². The van der Waals surface area contributed by atoms with Gasteiger partial charge in [0.1, 0.15) is 0 Å². The zero-order valence-electron chi connectivity index (χ0n) is 8.51. The highest BCUT2D eigenvalue weighted by atomic mass is 32.2. The third kappa shape index (κ3) is 2.07. The van der Waals surface area contributed by atoms with Crippen LogP contribution in [0.25, 0.3) is 0 Å². The second-order valence-corrected chi connectivity index (χ2v) is 5.33. The fourth-order valence-electron chi connectivity index (χ4n) is 1.51. The molecule has 0 aromatic carbocycles. The summed E-state index contributed by atoms with van der Waals surface area (Å²) in [6, 6.07) is 0. The first-order valence-electron chi connectivity index (χ1n) is 4.86. The number of hydrogen-bond donors (Lipinski definition) is 2. The Kier molecular flexibility index (Phi) is 2.92. The van der Waals surface area contributed by atoms with Crippen LogP contribution in [0.1, 0.15) is 6.42 Å². The number of nitrogens with one attached hydrogen (secondary N) is 2. The quantitative estimate of drug-likeness (QED) is 0.691. The number of aromatic amines is 1. The standard InChI is InChI=1S/C8H12N4O3S/c13-7-1-3-12(4-2-10-7)16(14,15)8-5-9-6-11-8/h5-6H,1-4H2,(H,9,11)(H,10,13). The molecule has 1 aromatic rings. The van der Waals surface area contributed by atoms with Crippen LogP contribution in [0.3, 0.4) is 0 Å². The van der Waals surface area contributed by atoms with Gasteiger partial charge in [0.25, 0.3) is 10.0 Å². The van der Waals surface area contributed by atoms with Gasteiger partial charge in [0.05, 0.1) is 12.5 Å². The van der Waals surface area contributed by atoms with Crippen LogP contribution in [0.4, 0.5) is 0 Å². The summed E-state index contributed by atoms with van der Waals surface area (Å²) in [6.07, 6.45) is 2.76. The number of H-pyrrole nitrogens is 1. The normalized spacial score (nSPS) is 19.1. The number of rotatable bonds is 2. The van der Waals surface area contributed by atoms with E-state index in [1.54, 1.807) is 0 Å². The molecule has 1 aliphatic heterocycles. The van der Waals surface area contributed by atoms with Crippen LogP contribution in [-0.4, -0.2) is 48.2 Å². The SMILES string of the molecule is O=C1CCN(S(=O)(=O)c2cnc[nH]2)CCN1. The Morgan fingerprint density at radius 1 is 1.38 bits per heavy atom. The van der Waals surface area contributed by atoms with Crippen LogP contribution in [-0.2, 0) is 14.8 Å². The highest BCUT2D eigenvalue weighted by Crippen LogP contribution is 2.13. The fourth-order valence-corrected chi connectivity index (χ4v) is 2.85. The van der Waals surface area contributed by atoms with Gasteiger partial charge in [-0.25, -0.2) is 13.4 Å². The average Bonchev–Trinajstić information content (AvgIpc) is 2.68. The van der Waals surface area contributed by atoms with Crippen LogP contribution in [0.5, 0.6) is 0 Å². The number of hydrogen-bond acceptors (Lipinski definition) is 4. The summed E-state index contributed by atoms with van der Waals surface area (Å²) in [5.74, 6) is -0.123. The van der Waals surface area contributed by atoms with Crippen LogP contribution < -0.4 is 5.32 Å². The Labute approximate surface area is 92.9 Å². The van der Waals surface area contributed by atoms with Crippen LogP contribution in [0, 0.1) is 0 Å². The lowest BCUT2D eigenvalue weighted by atomic mass is 10.4. The van der Waals surface area contributed by atoms with Gasteiger partial charge in [-0.05, 0) is 0 Å². The number of sulfonamides is 1. The van der Waals surface area contributed by atoms with Gasteiger partial charge in [-0.1, -0.05) is 0 Å². The minimum absolute atomic E-state index is 0.0573. The van der Waals surface area contributed by atoms with E-state index in [1.165, 1.54) is 16.8 Å². The molecule has 2 N–H and O–H groups in total. The first-order chi connectivity index (χ1) is 7.60. The van der Waals surface area contributed by atoms with Crippen molar-refractivity contribution in [2.45, 2.75) is 11.4 Å². The molecule has 0 radical (unpaired) electrons. The number of imidazole rings is 1. The molecule has 1 fully saturated rings. The predicted octanol–water partition coefficient (Wildman–Crippen LogP) is -1.08. The van der Waals surface area contributed by atoms with E-state index in [-0.39, 0.29) is 30.4 Å². The maximum Gasteiger partial charge on any atom is 0.260 e. The zero-order valence-corrected chi connectivity index (χ0v) is 9.33. The summed E-state index contributed by atoms with van der Waals surface area (Å²) >= 11 is 0. The minimum atomic E-state index is -3.54. The molecule has 2 rings (SSSR count). The van der Waals surface area contributed by atoms with E-state index in [4.69, 9.17) is 0 Å². The molecule has 8 heteroatoms. The molecule has 1 aliphatic rings. The van der Waals surface area contributed by atoms with Gasteiger partial charge in [0.2, 0.25) is 5.91 Å². The van der Waals surface area contributed by atoms with Crippen molar-refractivity contribution < 1.29 is 13.2 Å². The van der Waals surface area contributed by atoms with Crippen molar-refractivity contribution in [3.8, 4) is 0 Å². The number of carbonyl (C=O) groups excluding carboxylic acids is 1. The van der Waals surface area contributed by atoms with Crippen molar-refractivity contribution in [1.82, 2.24) is 19.6 Å². The lowest BCUT2D eigenvalue weighted by molar-refractivity contribution is -0.120. The van der Waals surface area contributed by atoms with E-state index in [0.29, 0.717) is 6.54 Å². The highest BCUT2D eigenvalue weighted by Gasteiger charge is 2.27. The molecule has 0 saturated carbocycles. The van der Waals surface area contributed by atoms with Crippen molar-refractivity contribution in [2.75, 3.05) is 19.6 Å². The van der Waals surface area contributed by atoms with Gasteiger partial charge >= 0.3 is 0 Å². The Hall–Kier alpha value is -1.41. The van der Waals surface area contributed by atoms with E-state index in [1.807, 2.05) is 0 Å². The summed E-state index contributed by atoms with van der Waals surface area (Å²) < 4.78 is 25.3. The third-order valence-corrected chi connectivity index (χ3v) is 4.19. The Bertz CT molecular complexity index is 467. The first-order valence-corrected chi connectivity index (χ1v) is 6.30. The highest BCUT2D eigenvalue weighted by molar-refractivity contribution is 7.89. The predicted molar refractivity (Wildman–Crippen MR) is 55.0 cm³/mol. The van der Waals surface area contributed by atoms with Crippen LogP contribution >= 0.6 is 0 Å². The van der Waals surface area contributed by atoms with Crippen molar-refractivity contribution in [1.29, 1.82) is 0 Å². The monoisotopic (exact) mass is 244 g/mol. The molecule has 0 bridgehead atoms. The summed E-state index contributed by atoms with van der Waals surface area (Å²) in [5, 5.41) is 2.68. The van der Waals surface area contributed by atoms with Crippen molar-refractivity contribution in [3.05, 3.63) is 12.5 Å². The van der Waals surface area contributed by atoms with Crippen molar-refractivity contribution in [2.24, 2.45) is 0 Å². The molecular weight excluding hydrogens is 232 g/mol. The van der Waals surface area contributed by atoms with E-state index in [9.17, 15) is 13.2 Å². The molecule has 88 valence electrons. The smallest absolute Gasteiger partial charge is 0.260 e. The molecule has 2 heterocycles. The molecule has 1 amide bonds. The van der Waals surface area contributed by atoms with Gasteiger partial charge in [0, 0.05) is 26.1 Å². The molecule has 1 saturated heterocycles. The summed E-state index contributed by atoms with van der Waals surface area (Å²) in [4.78, 5) is 17.3.